The molecule has 10 heteroatoms. The molecule has 2 amide bonds. The quantitative estimate of drug-likeness (QED) is 0.597. The van der Waals surface area contributed by atoms with Crippen molar-refractivity contribution >= 4 is 28.9 Å². The van der Waals surface area contributed by atoms with Crippen LogP contribution in [0, 0.1) is 0 Å². The molecule has 0 aromatic carbocycles. The molecule has 2 aliphatic rings. The number of hydrogen-bond donors (Lipinski definition) is 2. The number of carbonyl (C=O) groups excluding carboxylic acids is 2. The van der Waals surface area contributed by atoms with E-state index in [-0.39, 0.29) is 23.3 Å². The van der Waals surface area contributed by atoms with Crippen LogP contribution >= 0.6 is 0 Å². The smallest absolute Gasteiger partial charge is 0.276 e. The lowest BCUT2D eigenvalue weighted by Crippen LogP contribution is -2.34. The third-order valence-corrected chi connectivity index (χ3v) is 6.06. The number of pyridine rings is 1. The van der Waals surface area contributed by atoms with E-state index in [1.165, 1.54) is 11.0 Å². The van der Waals surface area contributed by atoms with Crippen LogP contribution in [0.15, 0.2) is 37.1 Å². The van der Waals surface area contributed by atoms with Gasteiger partial charge in [0.1, 0.15) is 6.33 Å². The predicted molar refractivity (Wildman–Crippen MR) is 122 cm³/mol. The summed E-state index contributed by atoms with van der Waals surface area (Å²) < 4.78 is 1.54. The van der Waals surface area contributed by atoms with Gasteiger partial charge in [-0.2, -0.15) is 5.10 Å². The minimum absolute atomic E-state index is 0.156. The van der Waals surface area contributed by atoms with Crippen LogP contribution in [0.5, 0.6) is 0 Å². The zero-order valence-electron chi connectivity index (χ0n) is 18.7. The van der Waals surface area contributed by atoms with Crippen molar-refractivity contribution in [3.8, 4) is 0 Å². The van der Waals surface area contributed by atoms with Gasteiger partial charge >= 0.3 is 0 Å². The highest BCUT2D eigenvalue weighted by atomic mass is 16.2. The molecule has 1 aliphatic carbocycles. The van der Waals surface area contributed by atoms with Crippen molar-refractivity contribution in [2.45, 2.75) is 44.6 Å². The van der Waals surface area contributed by atoms with E-state index < -0.39 is 5.91 Å². The van der Waals surface area contributed by atoms with Crippen LogP contribution in [0.3, 0.4) is 0 Å². The minimum atomic E-state index is -0.409. The van der Waals surface area contributed by atoms with Gasteiger partial charge in [-0.25, -0.2) is 15.0 Å². The molecule has 1 saturated heterocycles. The molecular weight excluding hydrogens is 420 g/mol. The molecule has 170 valence electrons. The standard InChI is InChI=1S/C23H26N8O2/c1-14-4-3-9-31(14)23(33)21-19(12-30(2)29-21)28-22(32)20-18(26-16-10-24-13-25-11-16)8-7-17(27-20)15-5-6-15/h7-8,10-15,26H,3-6,9H2,1-2H3,(H,28,32). The third-order valence-electron chi connectivity index (χ3n) is 6.06. The second kappa shape index (κ2) is 8.61. The number of aryl methyl sites for hydroxylation is 1. The molecule has 1 atom stereocenters. The molecule has 2 N–H and O–H groups in total. The Labute approximate surface area is 191 Å². The Morgan fingerprint density at radius 1 is 1.06 bits per heavy atom. The average Bonchev–Trinajstić information content (AvgIpc) is 3.47. The van der Waals surface area contributed by atoms with E-state index in [1.54, 1.807) is 25.6 Å². The molecule has 0 bridgehead atoms. The Balaban J connectivity index is 1.44. The van der Waals surface area contributed by atoms with Crippen LogP contribution in [0.4, 0.5) is 17.1 Å². The summed E-state index contributed by atoms with van der Waals surface area (Å²) in [5.74, 6) is -0.193. The topological polar surface area (TPSA) is 118 Å². The number of hydrogen-bond acceptors (Lipinski definition) is 7. The Morgan fingerprint density at radius 3 is 2.55 bits per heavy atom. The molecule has 5 rings (SSSR count). The van der Waals surface area contributed by atoms with Crippen LogP contribution in [-0.4, -0.2) is 54.0 Å². The van der Waals surface area contributed by atoms with E-state index >= 15 is 0 Å². The van der Waals surface area contributed by atoms with Gasteiger partial charge in [0, 0.05) is 37.4 Å². The van der Waals surface area contributed by atoms with E-state index in [2.05, 4.69) is 30.7 Å². The summed E-state index contributed by atoms with van der Waals surface area (Å²) in [4.78, 5) is 41.0. The Kier molecular flexibility index (Phi) is 5.49. The number of rotatable bonds is 6. The first kappa shape index (κ1) is 21.0. The van der Waals surface area contributed by atoms with E-state index in [0.29, 0.717) is 29.5 Å². The van der Waals surface area contributed by atoms with Gasteiger partial charge in [0.25, 0.3) is 11.8 Å². The first-order chi connectivity index (χ1) is 16.0. The van der Waals surface area contributed by atoms with Gasteiger partial charge < -0.3 is 15.5 Å². The summed E-state index contributed by atoms with van der Waals surface area (Å²) in [6.07, 6.45) is 10.4. The summed E-state index contributed by atoms with van der Waals surface area (Å²) >= 11 is 0. The van der Waals surface area contributed by atoms with Crippen molar-refractivity contribution in [2.75, 3.05) is 17.2 Å². The molecule has 0 spiro atoms. The fraction of sp³-hybridized carbons (Fsp3) is 0.391. The Hall–Kier alpha value is -3.82. The van der Waals surface area contributed by atoms with Crippen LogP contribution < -0.4 is 10.6 Å². The summed E-state index contributed by atoms with van der Waals surface area (Å²) in [5.41, 5.74) is 2.94. The Morgan fingerprint density at radius 2 is 1.85 bits per heavy atom. The molecule has 3 aromatic rings. The Bertz CT molecular complexity index is 1190. The van der Waals surface area contributed by atoms with Gasteiger partial charge in [0.05, 0.1) is 29.5 Å². The lowest BCUT2D eigenvalue weighted by Gasteiger charge is -2.20. The minimum Gasteiger partial charge on any atom is -0.351 e. The second-order valence-electron chi connectivity index (χ2n) is 8.67. The highest BCUT2D eigenvalue weighted by molar-refractivity contribution is 6.10. The number of aromatic nitrogens is 5. The third kappa shape index (κ3) is 4.41. The maximum absolute atomic E-state index is 13.4. The number of nitrogens with one attached hydrogen (secondary N) is 2. The SMILES string of the molecule is CC1CCCN1C(=O)c1nn(C)cc1NC(=O)c1nc(C2CC2)ccc1Nc1cncnc1. The first-order valence-electron chi connectivity index (χ1n) is 11.2. The van der Waals surface area contributed by atoms with Crippen molar-refractivity contribution in [2.24, 2.45) is 7.05 Å². The van der Waals surface area contributed by atoms with Gasteiger partial charge in [-0.05, 0) is 44.7 Å². The van der Waals surface area contributed by atoms with Crippen molar-refractivity contribution in [1.29, 1.82) is 0 Å². The fourth-order valence-electron chi connectivity index (χ4n) is 4.16. The molecule has 1 aliphatic heterocycles. The number of anilines is 3. The van der Waals surface area contributed by atoms with Crippen LogP contribution in [0.25, 0.3) is 0 Å². The molecule has 33 heavy (non-hydrogen) atoms. The van der Waals surface area contributed by atoms with E-state index in [0.717, 1.165) is 31.4 Å². The normalized spacial score (nSPS) is 17.8. The molecule has 4 heterocycles. The largest absolute Gasteiger partial charge is 0.351 e. The molecular formula is C23H26N8O2. The molecule has 10 nitrogen and oxygen atoms in total. The molecule has 3 aromatic heterocycles. The maximum atomic E-state index is 13.4. The second-order valence-corrected chi connectivity index (χ2v) is 8.67. The van der Waals surface area contributed by atoms with Crippen molar-refractivity contribution in [3.63, 3.8) is 0 Å². The van der Waals surface area contributed by atoms with Gasteiger partial charge in [-0.1, -0.05) is 0 Å². The number of carbonyl (C=O) groups is 2. The lowest BCUT2D eigenvalue weighted by molar-refractivity contribution is 0.0741. The zero-order chi connectivity index (χ0) is 22.9. The van der Waals surface area contributed by atoms with E-state index in [9.17, 15) is 9.59 Å². The first-order valence-corrected chi connectivity index (χ1v) is 11.2. The van der Waals surface area contributed by atoms with Gasteiger partial charge in [0.2, 0.25) is 0 Å². The number of nitrogens with zero attached hydrogens (tertiary/aromatic N) is 6. The van der Waals surface area contributed by atoms with Crippen LogP contribution in [-0.2, 0) is 7.05 Å². The van der Waals surface area contributed by atoms with Gasteiger partial charge in [0.15, 0.2) is 11.4 Å². The summed E-state index contributed by atoms with van der Waals surface area (Å²) in [6, 6.07) is 3.95. The van der Waals surface area contributed by atoms with Gasteiger partial charge in [-0.3, -0.25) is 14.3 Å². The fourth-order valence-corrected chi connectivity index (χ4v) is 4.16. The highest BCUT2D eigenvalue weighted by Crippen LogP contribution is 2.39. The number of likely N-dealkylation sites (tertiary alicyclic amines) is 1. The van der Waals surface area contributed by atoms with E-state index in [1.807, 2.05) is 24.0 Å². The molecule has 1 saturated carbocycles. The van der Waals surface area contributed by atoms with E-state index in [4.69, 9.17) is 0 Å². The predicted octanol–water partition coefficient (Wildman–Crippen LogP) is 3.10. The highest BCUT2D eigenvalue weighted by Gasteiger charge is 2.31. The maximum Gasteiger partial charge on any atom is 0.276 e. The van der Waals surface area contributed by atoms with Crippen LogP contribution in [0.1, 0.15) is 65.2 Å². The summed E-state index contributed by atoms with van der Waals surface area (Å²) in [6.45, 7) is 2.73. The number of amides is 2. The van der Waals surface area contributed by atoms with Crippen molar-refractivity contribution in [1.82, 2.24) is 29.6 Å². The molecule has 2 fully saturated rings. The lowest BCUT2D eigenvalue weighted by atomic mass is 10.2. The monoisotopic (exact) mass is 446 g/mol. The van der Waals surface area contributed by atoms with Crippen LogP contribution in [0.2, 0.25) is 0 Å². The zero-order valence-corrected chi connectivity index (χ0v) is 18.7. The average molecular weight is 447 g/mol. The summed E-state index contributed by atoms with van der Waals surface area (Å²) in [5, 5.41) is 10.4. The summed E-state index contributed by atoms with van der Waals surface area (Å²) in [7, 11) is 1.73. The van der Waals surface area contributed by atoms with Crippen molar-refractivity contribution < 1.29 is 9.59 Å². The molecule has 1 unspecified atom stereocenters. The molecule has 0 radical (unpaired) electrons. The van der Waals surface area contributed by atoms with Gasteiger partial charge in [-0.15, -0.1) is 0 Å². The van der Waals surface area contributed by atoms with Crippen molar-refractivity contribution in [3.05, 3.63) is 54.1 Å².